The number of carbonyl (C=O) groups excluding carboxylic acids is 2. The van der Waals surface area contributed by atoms with E-state index in [1.165, 1.54) is 0 Å². The van der Waals surface area contributed by atoms with Crippen LogP contribution in [-0.4, -0.2) is 29.9 Å². The Labute approximate surface area is 151 Å². The van der Waals surface area contributed by atoms with Crippen molar-refractivity contribution in [3.63, 3.8) is 0 Å². The summed E-state index contributed by atoms with van der Waals surface area (Å²) in [5, 5.41) is 7.49. The molecule has 6 heteroatoms. The monoisotopic (exact) mass is 349 g/mol. The number of fused-ring (bicyclic) bond motifs is 1. The third kappa shape index (κ3) is 5.04. The van der Waals surface area contributed by atoms with Gasteiger partial charge in [0.1, 0.15) is 11.6 Å². The van der Waals surface area contributed by atoms with Gasteiger partial charge in [0.2, 0.25) is 5.91 Å². The maximum atomic E-state index is 11.8. The predicted octanol–water partition coefficient (Wildman–Crippen LogP) is 2.76. The van der Waals surface area contributed by atoms with Crippen molar-refractivity contribution in [3.05, 3.63) is 66.9 Å². The number of nitrogens with one attached hydrogen (secondary N) is 2. The van der Waals surface area contributed by atoms with Crippen LogP contribution in [0.1, 0.15) is 6.42 Å². The topological polar surface area (TPSA) is 80.3 Å². The highest BCUT2D eigenvalue weighted by Gasteiger charge is 2.06. The van der Waals surface area contributed by atoms with E-state index in [0.29, 0.717) is 11.6 Å². The third-order valence-corrected chi connectivity index (χ3v) is 3.70. The minimum Gasteiger partial charge on any atom is -0.484 e. The highest BCUT2D eigenvalue weighted by Crippen LogP contribution is 2.20. The molecule has 6 nitrogen and oxygen atoms in total. The maximum absolute atomic E-state index is 11.8. The summed E-state index contributed by atoms with van der Waals surface area (Å²) in [5.41, 5.74) is 0. The Bertz CT molecular complexity index is 897. The quantitative estimate of drug-likeness (QED) is 0.687. The first-order valence-corrected chi connectivity index (χ1v) is 8.30. The number of pyridine rings is 1. The van der Waals surface area contributed by atoms with E-state index in [-0.39, 0.29) is 31.4 Å². The molecule has 1 heterocycles. The Morgan fingerprint density at radius 3 is 2.54 bits per heavy atom. The molecule has 0 spiro atoms. The summed E-state index contributed by atoms with van der Waals surface area (Å²) >= 11 is 0. The fraction of sp³-hybridized carbons (Fsp3) is 0.150. The van der Waals surface area contributed by atoms with Crippen molar-refractivity contribution in [2.75, 3.05) is 18.5 Å². The van der Waals surface area contributed by atoms with E-state index in [9.17, 15) is 9.59 Å². The predicted molar refractivity (Wildman–Crippen MR) is 99.9 cm³/mol. The molecule has 0 aliphatic heterocycles. The fourth-order valence-corrected chi connectivity index (χ4v) is 2.41. The summed E-state index contributed by atoms with van der Waals surface area (Å²) in [6.45, 7) is 0.138. The number of hydrogen-bond donors (Lipinski definition) is 2. The highest BCUT2D eigenvalue weighted by molar-refractivity contribution is 5.90. The number of hydrogen-bond acceptors (Lipinski definition) is 4. The number of nitrogens with zero attached hydrogens (tertiary/aromatic N) is 1. The lowest BCUT2D eigenvalue weighted by atomic mass is 10.1. The summed E-state index contributed by atoms with van der Waals surface area (Å²) in [6.07, 6.45) is 1.76. The molecular formula is C20H19N3O3. The number of ether oxygens (including phenoxy) is 1. The largest absolute Gasteiger partial charge is 0.484 e. The van der Waals surface area contributed by atoms with Gasteiger partial charge in [-0.2, -0.15) is 0 Å². The van der Waals surface area contributed by atoms with Crippen LogP contribution in [0, 0.1) is 0 Å². The molecule has 0 aliphatic carbocycles. The SMILES string of the molecule is O=C(COc1ccc2ccccc2c1)NCCC(=O)Nc1ccccn1. The molecule has 0 bridgehead atoms. The lowest BCUT2D eigenvalue weighted by molar-refractivity contribution is -0.123. The van der Waals surface area contributed by atoms with Crippen LogP contribution in [-0.2, 0) is 9.59 Å². The van der Waals surface area contributed by atoms with Crippen LogP contribution in [0.15, 0.2) is 66.9 Å². The first kappa shape index (κ1) is 17.4. The smallest absolute Gasteiger partial charge is 0.257 e. The van der Waals surface area contributed by atoms with Crippen LogP contribution >= 0.6 is 0 Å². The molecule has 1 aromatic heterocycles. The van der Waals surface area contributed by atoms with Gasteiger partial charge in [0.05, 0.1) is 0 Å². The highest BCUT2D eigenvalue weighted by atomic mass is 16.5. The van der Waals surface area contributed by atoms with Crippen LogP contribution in [0.2, 0.25) is 0 Å². The molecule has 0 saturated carbocycles. The Hall–Kier alpha value is -3.41. The standard InChI is InChI=1S/C20H19N3O3/c24-19(23-18-7-3-4-11-21-18)10-12-22-20(25)14-26-17-9-8-15-5-1-2-6-16(15)13-17/h1-9,11,13H,10,12,14H2,(H,22,25)(H,21,23,24). The second kappa shape index (κ2) is 8.62. The number of amides is 2. The normalized spacial score (nSPS) is 10.3. The average molecular weight is 349 g/mol. The van der Waals surface area contributed by atoms with Crippen LogP contribution in [0.4, 0.5) is 5.82 Å². The molecule has 26 heavy (non-hydrogen) atoms. The molecule has 0 fully saturated rings. The van der Waals surface area contributed by atoms with Gasteiger partial charge in [-0.3, -0.25) is 9.59 Å². The van der Waals surface area contributed by atoms with Crippen molar-refractivity contribution in [2.24, 2.45) is 0 Å². The molecule has 2 amide bonds. The van der Waals surface area contributed by atoms with E-state index in [1.807, 2.05) is 42.5 Å². The second-order valence-electron chi connectivity index (χ2n) is 5.66. The number of rotatable bonds is 7. The van der Waals surface area contributed by atoms with Gasteiger partial charge >= 0.3 is 0 Å². The third-order valence-electron chi connectivity index (χ3n) is 3.70. The van der Waals surface area contributed by atoms with E-state index in [4.69, 9.17) is 4.74 Å². The zero-order chi connectivity index (χ0) is 18.2. The van der Waals surface area contributed by atoms with Crippen molar-refractivity contribution in [1.29, 1.82) is 0 Å². The zero-order valence-corrected chi connectivity index (χ0v) is 14.1. The Balaban J connectivity index is 1.39. The van der Waals surface area contributed by atoms with Crippen LogP contribution in [0.5, 0.6) is 5.75 Å². The number of carbonyl (C=O) groups is 2. The van der Waals surface area contributed by atoms with Gasteiger partial charge in [0, 0.05) is 19.2 Å². The summed E-state index contributed by atoms with van der Waals surface area (Å²) in [4.78, 5) is 27.6. The first-order chi connectivity index (χ1) is 12.7. The number of benzene rings is 2. The number of aromatic nitrogens is 1. The van der Waals surface area contributed by atoms with Gasteiger partial charge in [0.15, 0.2) is 6.61 Å². The molecule has 0 unspecified atom stereocenters. The van der Waals surface area contributed by atoms with Crippen molar-refractivity contribution >= 4 is 28.4 Å². The molecule has 0 aliphatic rings. The molecular weight excluding hydrogens is 330 g/mol. The van der Waals surface area contributed by atoms with Gasteiger partial charge in [-0.15, -0.1) is 0 Å². The molecule has 132 valence electrons. The molecule has 2 aromatic carbocycles. The van der Waals surface area contributed by atoms with Crippen LogP contribution in [0.3, 0.4) is 0 Å². The second-order valence-corrected chi connectivity index (χ2v) is 5.66. The van der Waals surface area contributed by atoms with E-state index in [0.717, 1.165) is 10.8 Å². The minimum atomic E-state index is -0.274. The van der Waals surface area contributed by atoms with Crippen molar-refractivity contribution in [2.45, 2.75) is 6.42 Å². The average Bonchev–Trinajstić information content (AvgIpc) is 2.67. The van der Waals surface area contributed by atoms with E-state index in [1.54, 1.807) is 24.4 Å². The maximum Gasteiger partial charge on any atom is 0.257 e. The number of anilines is 1. The molecule has 0 radical (unpaired) electrons. The molecule has 3 aromatic rings. The Morgan fingerprint density at radius 2 is 1.73 bits per heavy atom. The van der Waals surface area contributed by atoms with Gasteiger partial charge in [-0.1, -0.05) is 36.4 Å². The molecule has 2 N–H and O–H groups in total. The van der Waals surface area contributed by atoms with Crippen LogP contribution in [0.25, 0.3) is 10.8 Å². The molecule has 3 rings (SSSR count). The van der Waals surface area contributed by atoms with Gasteiger partial charge in [0.25, 0.3) is 5.91 Å². The van der Waals surface area contributed by atoms with Crippen molar-refractivity contribution < 1.29 is 14.3 Å². The van der Waals surface area contributed by atoms with Gasteiger partial charge < -0.3 is 15.4 Å². The minimum absolute atomic E-state index is 0.0970. The van der Waals surface area contributed by atoms with E-state index in [2.05, 4.69) is 15.6 Å². The molecule has 0 atom stereocenters. The summed E-state index contributed by atoms with van der Waals surface area (Å²) in [5.74, 6) is 0.637. The first-order valence-electron chi connectivity index (χ1n) is 8.30. The summed E-state index contributed by atoms with van der Waals surface area (Å²) in [6, 6.07) is 18.9. The Kier molecular flexibility index (Phi) is 5.77. The fourth-order valence-electron chi connectivity index (χ4n) is 2.41. The van der Waals surface area contributed by atoms with Gasteiger partial charge in [-0.05, 0) is 35.0 Å². The summed E-state index contributed by atoms with van der Waals surface area (Å²) in [7, 11) is 0. The summed E-state index contributed by atoms with van der Waals surface area (Å²) < 4.78 is 5.51. The van der Waals surface area contributed by atoms with Crippen molar-refractivity contribution in [1.82, 2.24) is 10.3 Å². The van der Waals surface area contributed by atoms with E-state index < -0.39 is 0 Å². The van der Waals surface area contributed by atoms with Crippen molar-refractivity contribution in [3.8, 4) is 5.75 Å². The lowest BCUT2D eigenvalue weighted by Gasteiger charge is -2.08. The zero-order valence-electron chi connectivity index (χ0n) is 14.1. The van der Waals surface area contributed by atoms with Crippen LogP contribution < -0.4 is 15.4 Å². The van der Waals surface area contributed by atoms with E-state index >= 15 is 0 Å². The molecule has 0 saturated heterocycles. The lowest BCUT2D eigenvalue weighted by Crippen LogP contribution is -2.31. The Morgan fingerprint density at radius 1 is 0.923 bits per heavy atom. The van der Waals surface area contributed by atoms with Gasteiger partial charge in [-0.25, -0.2) is 4.98 Å².